The molecule has 0 saturated heterocycles. The lowest BCUT2D eigenvalue weighted by atomic mass is 9.90. The number of benzene rings is 3. The number of carboxylic acid groups (broad SMARTS) is 1. The molecule has 1 aliphatic heterocycles. The van der Waals surface area contributed by atoms with E-state index in [0.717, 1.165) is 13.4 Å². The Hall–Kier alpha value is -4.83. The topological polar surface area (TPSA) is 171 Å². The molecule has 37 heavy (non-hydrogen) atoms. The van der Waals surface area contributed by atoms with E-state index in [0.29, 0.717) is 46.8 Å². The molecule has 0 spiro atoms. The highest BCUT2D eigenvalue weighted by Gasteiger charge is 2.22. The van der Waals surface area contributed by atoms with Gasteiger partial charge in [0.2, 0.25) is 5.91 Å². The summed E-state index contributed by atoms with van der Waals surface area (Å²) in [6, 6.07) is 13.0. The first-order valence-corrected chi connectivity index (χ1v) is 10.9. The van der Waals surface area contributed by atoms with E-state index in [1.54, 1.807) is 19.2 Å². The third-order valence-corrected chi connectivity index (χ3v) is 5.12. The summed E-state index contributed by atoms with van der Waals surface area (Å²) in [7, 11) is 2.55. The van der Waals surface area contributed by atoms with Crippen molar-refractivity contribution < 1.29 is 38.9 Å². The lowest BCUT2D eigenvalue weighted by Crippen LogP contribution is -2.16. The number of phenols is 1. The minimum atomic E-state index is -1.15. The summed E-state index contributed by atoms with van der Waals surface area (Å²) in [6.45, 7) is 0. The number of amides is 1. The van der Waals surface area contributed by atoms with E-state index in [-0.39, 0.29) is 34.0 Å². The molecule has 0 radical (unpaired) electrons. The lowest BCUT2D eigenvalue weighted by molar-refractivity contribution is -0.122. The van der Waals surface area contributed by atoms with E-state index >= 15 is 0 Å². The third-order valence-electron chi connectivity index (χ3n) is 5.12. The Morgan fingerprint density at radius 1 is 0.973 bits per heavy atom. The van der Waals surface area contributed by atoms with Crippen LogP contribution in [0.25, 0.3) is 33.4 Å². The maximum Gasteiger partial charge on any atom is 0.336 e. The zero-order valence-corrected chi connectivity index (χ0v) is 20.1. The standard InChI is InChI=1S/C21H12O6.C5H9NO2.CH4O/c22-10-11-1-4-14(21(25)26)17(7-11)20-15-5-2-12(23)8-18(15)27-19-9-13(24)3-6-16(19)20;1-6-5(8)3-2-4-7;1-2/h1-10,23H,(H,25,26);4H,2-3H2,1H3,(H,6,8);2H,1H3. The second-order valence-electron chi connectivity index (χ2n) is 7.42. The van der Waals surface area contributed by atoms with Crippen molar-refractivity contribution in [2.75, 3.05) is 14.2 Å². The molecule has 2 aliphatic rings. The molecular weight excluding hydrogens is 482 g/mol. The van der Waals surface area contributed by atoms with Crippen LogP contribution in [0.4, 0.5) is 0 Å². The summed E-state index contributed by atoms with van der Waals surface area (Å²) in [5.41, 5.74) is 1.70. The van der Waals surface area contributed by atoms with Gasteiger partial charge >= 0.3 is 5.97 Å². The zero-order valence-electron chi connectivity index (χ0n) is 20.1. The van der Waals surface area contributed by atoms with Crippen LogP contribution in [0.15, 0.2) is 63.8 Å². The molecule has 10 heteroatoms. The Morgan fingerprint density at radius 2 is 1.70 bits per heavy atom. The van der Waals surface area contributed by atoms with Crippen molar-refractivity contribution in [3.05, 3.63) is 75.9 Å². The molecular formula is C27H25NO9. The highest BCUT2D eigenvalue weighted by molar-refractivity contribution is 6.08. The Kier molecular flexibility index (Phi) is 10.2. The molecule has 1 heterocycles. The second kappa shape index (κ2) is 13.3. The Balaban J connectivity index is 0.000000414. The van der Waals surface area contributed by atoms with Gasteiger partial charge in [0.25, 0.3) is 0 Å². The van der Waals surface area contributed by atoms with Gasteiger partial charge in [0.1, 0.15) is 29.7 Å². The SMILES string of the molecule is CNC(=O)CCC=O.CO.O=Cc1ccc(C(=O)O)c(-c2c3ccc(=O)cc-3oc3cc(O)ccc23)c1. The fraction of sp³-hybridized carbons (Fsp3) is 0.148. The summed E-state index contributed by atoms with van der Waals surface area (Å²) in [4.78, 5) is 54.7. The Bertz CT molecular complexity index is 1460. The largest absolute Gasteiger partial charge is 0.508 e. The molecule has 2 aromatic rings. The van der Waals surface area contributed by atoms with E-state index in [1.165, 1.54) is 42.5 Å². The van der Waals surface area contributed by atoms with Gasteiger partial charge in [-0.15, -0.1) is 0 Å². The Morgan fingerprint density at radius 3 is 2.32 bits per heavy atom. The fourth-order valence-corrected chi connectivity index (χ4v) is 3.49. The van der Waals surface area contributed by atoms with Gasteiger partial charge in [0, 0.05) is 61.2 Å². The van der Waals surface area contributed by atoms with Gasteiger partial charge in [0.05, 0.1) is 5.56 Å². The number of aromatic hydroxyl groups is 1. The average molecular weight is 507 g/mol. The van der Waals surface area contributed by atoms with Gasteiger partial charge in [0.15, 0.2) is 5.43 Å². The summed E-state index contributed by atoms with van der Waals surface area (Å²) < 4.78 is 5.75. The number of carboxylic acids is 1. The van der Waals surface area contributed by atoms with Gasteiger partial charge in [-0.3, -0.25) is 14.4 Å². The van der Waals surface area contributed by atoms with Crippen molar-refractivity contribution in [3.63, 3.8) is 0 Å². The zero-order chi connectivity index (χ0) is 27.5. The molecule has 0 aromatic heterocycles. The van der Waals surface area contributed by atoms with Crippen molar-refractivity contribution >= 4 is 35.4 Å². The first kappa shape index (κ1) is 28.4. The minimum Gasteiger partial charge on any atom is -0.508 e. The average Bonchev–Trinajstić information content (AvgIpc) is 2.91. The number of aldehydes is 2. The van der Waals surface area contributed by atoms with E-state index in [2.05, 4.69) is 5.32 Å². The number of phenolic OH excluding ortho intramolecular Hbond substituents is 1. The molecule has 0 bridgehead atoms. The molecule has 192 valence electrons. The smallest absolute Gasteiger partial charge is 0.336 e. The van der Waals surface area contributed by atoms with Crippen LogP contribution in [-0.2, 0) is 9.59 Å². The van der Waals surface area contributed by atoms with Crippen LogP contribution >= 0.6 is 0 Å². The molecule has 1 amide bonds. The maximum atomic E-state index is 11.8. The van der Waals surface area contributed by atoms with E-state index < -0.39 is 5.97 Å². The van der Waals surface area contributed by atoms with Crippen molar-refractivity contribution in [3.8, 4) is 28.2 Å². The van der Waals surface area contributed by atoms with Crippen LogP contribution in [0, 0.1) is 0 Å². The predicted octanol–water partition coefficient (Wildman–Crippen LogP) is 3.10. The molecule has 0 fully saturated rings. The van der Waals surface area contributed by atoms with Gasteiger partial charge in [-0.1, -0.05) is 6.07 Å². The van der Waals surface area contributed by atoms with Crippen molar-refractivity contribution in [2.45, 2.75) is 12.8 Å². The van der Waals surface area contributed by atoms with Crippen molar-refractivity contribution in [1.29, 1.82) is 0 Å². The normalized spacial score (nSPS) is 9.92. The minimum absolute atomic E-state index is 0.00803. The van der Waals surface area contributed by atoms with Crippen LogP contribution in [0.1, 0.15) is 33.6 Å². The summed E-state index contributed by atoms with van der Waals surface area (Å²) in [5.74, 6) is -1.01. The number of aliphatic hydroxyl groups is 1. The van der Waals surface area contributed by atoms with E-state index in [1.807, 2.05) is 0 Å². The second-order valence-corrected chi connectivity index (χ2v) is 7.42. The number of nitrogens with one attached hydrogen (secondary N) is 1. The van der Waals surface area contributed by atoms with E-state index in [9.17, 15) is 34.2 Å². The van der Waals surface area contributed by atoms with Crippen molar-refractivity contribution in [1.82, 2.24) is 5.32 Å². The summed E-state index contributed by atoms with van der Waals surface area (Å²) in [5, 5.41) is 29.4. The number of carbonyl (C=O) groups is 4. The Labute approximate surface area is 211 Å². The number of carbonyl (C=O) groups excluding carboxylic acids is 3. The predicted molar refractivity (Wildman–Crippen MR) is 136 cm³/mol. The number of hydrogen-bond donors (Lipinski definition) is 4. The first-order valence-electron chi connectivity index (χ1n) is 10.9. The van der Waals surface area contributed by atoms with Gasteiger partial charge in [-0.2, -0.15) is 0 Å². The highest BCUT2D eigenvalue weighted by atomic mass is 16.4. The van der Waals surface area contributed by atoms with E-state index in [4.69, 9.17) is 9.52 Å². The molecule has 4 rings (SSSR count). The maximum absolute atomic E-state index is 11.8. The monoisotopic (exact) mass is 507 g/mol. The summed E-state index contributed by atoms with van der Waals surface area (Å²) in [6.07, 6.45) is 1.99. The van der Waals surface area contributed by atoms with Crippen molar-refractivity contribution in [2.24, 2.45) is 0 Å². The quantitative estimate of drug-likeness (QED) is 0.226. The number of aliphatic hydroxyl groups excluding tert-OH is 1. The molecule has 2 aromatic carbocycles. The molecule has 10 nitrogen and oxygen atoms in total. The summed E-state index contributed by atoms with van der Waals surface area (Å²) >= 11 is 0. The van der Waals surface area contributed by atoms with Crippen LogP contribution in [0.2, 0.25) is 0 Å². The first-order chi connectivity index (χ1) is 17.8. The van der Waals surface area contributed by atoms with Gasteiger partial charge in [-0.05, 0) is 42.0 Å². The fourth-order valence-electron chi connectivity index (χ4n) is 3.49. The number of aromatic carboxylic acids is 1. The number of hydrogen-bond acceptors (Lipinski definition) is 8. The molecule has 0 saturated carbocycles. The van der Waals surface area contributed by atoms with Gasteiger partial charge < -0.3 is 29.8 Å². The molecule has 0 unspecified atom stereocenters. The van der Waals surface area contributed by atoms with Gasteiger partial charge in [-0.25, -0.2) is 4.79 Å². The molecule has 4 N–H and O–H groups in total. The van der Waals surface area contributed by atoms with Crippen LogP contribution < -0.4 is 10.7 Å². The number of fused-ring (bicyclic) bond motifs is 2. The van der Waals surface area contributed by atoms with Crippen LogP contribution in [0.5, 0.6) is 5.75 Å². The third kappa shape index (κ3) is 6.86. The highest BCUT2D eigenvalue weighted by Crippen LogP contribution is 2.42. The lowest BCUT2D eigenvalue weighted by Gasteiger charge is -2.17. The molecule has 1 aliphatic carbocycles. The molecule has 0 atom stereocenters. The number of rotatable bonds is 6. The van der Waals surface area contributed by atoms with Crippen LogP contribution in [0.3, 0.4) is 0 Å². The van der Waals surface area contributed by atoms with Crippen LogP contribution in [-0.4, -0.2) is 53.9 Å².